The lowest BCUT2D eigenvalue weighted by Gasteiger charge is -2.12. The fraction of sp³-hybridized carbons (Fsp3) is 0.364. The van der Waals surface area contributed by atoms with Crippen LogP contribution in [0, 0.1) is 6.92 Å². The largest absolute Gasteiger partial charge is 0.462 e. The molecule has 0 aliphatic heterocycles. The fourth-order valence-corrected chi connectivity index (χ4v) is 5.38. The zero-order valence-electron chi connectivity index (χ0n) is 17.4. The van der Waals surface area contributed by atoms with Crippen molar-refractivity contribution < 1.29 is 18.7 Å². The number of hydrogen-bond donors (Lipinski definition) is 1. The van der Waals surface area contributed by atoms with Gasteiger partial charge < -0.3 is 14.5 Å². The van der Waals surface area contributed by atoms with Crippen LogP contribution < -0.4 is 5.32 Å². The van der Waals surface area contributed by atoms with Crippen molar-refractivity contribution in [3.63, 3.8) is 0 Å². The fourth-order valence-electron chi connectivity index (χ4n) is 3.53. The van der Waals surface area contributed by atoms with Gasteiger partial charge in [0, 0.05) is 10.4 Å². The first-order valence-corrected chi connectivity index (χ1v) is 12.0. The number of carbonyl (C=O) groups excluding carboxylic acids is 2. The maximum absolute atomic E-state index is 12.6. The molecule has 0 atom stereocenters. The number of nitrogens with one attached hydrogen (secondary N) is 1. The quantitative estimate of drug-likeness (QED) is 0.399. The van der Waals surface area contributed by atoms with Crippen LogP contribution in [0.4, 0.5) is 5.00 Å². The minimum Gasteiger partial charge on any atom is -0.462 e. The molecule has 162 valence electrons. The minimum atomic E-state index is -0.371. The van der Waals surface area contributed by atoms with E-state index in [9.17, 15) is 9.59 Å². The third-order valence-electron chi connectivity index (χ3n) is 4.90. The molecule has 2 heterocycles. The smallest absolute Gasteiger partial charge is 0.341 e. The minimum absolute atomic E-state index is 0.0975. The highest BCUT2D eigenvalue weighted by Gasteiger charge is 2.27. The van der Waals surface area contributed by atoms with Crippen LogP contribution in [0.1, 0.15) is 46.1 Å². The molecular formula is C22H23N3O4S2. The third-order valence-corrected chi connectivity index (χ3v) is 6.93. The number of anilines is 1. The van der Waals surface area contributed by atoms with Gasteiger partial charge in [-0.1, -0.05) is 29.5 Å². The number of hydrogen-bond acceptors (Lipinski definition) is 8. The van der Waals surface area contributed by atoms with Gasteiger partial charge in [-0.2, -0.15) is 0 Å². The Labute approximate surface area is 188 Å². The molecule has 2 aromatic heterocycles. The summed E-state index contributed by atoms with van der Waals surface area (Å²) in [6, 6.07) is 7.78. The molecule has 0 fully saturated rings. The van der Waals surface area contributed by atoms with E-state index < -0.39 is 0 Å². The van der Waals surface area contributed by atoms with Crippen molar-refractivity contribution in [2.45, 2.75) is 44.8 Å². The maximum Gasteiger partial charge on any atom is 0.341 e. The predicted molar refractivity (Wildman–Crippen MR) is 121 cm³/mol. The first-order valence-electron chi connectivity index (χ1n) is 10.2. The average molecular weight is 458 g/mol. The van der Waals surface area contributed by atoms with Crippen molar-refractivity contribution in [1.82, 2.24) is 10.2 Å². The normalized spacial score (nSPS) is 13.0. The van der Waals surface area contributed by atoms with E-state index in [-0.39, 0.29) is 17.6 Å². The topological polar surface area (TPSA) is 94.3 Å². The number of fused-ring (bicyclic) bond motifs is 1. The number of thiophene rings is 1. The van der Waals surface area contributed by atoms with Gasteiger partial charge in [-0.15, -0.1) is 21.5 Å². The Morgan fingerprint density at radius 3 is 2.90 bits per heavy atom. The molecule has 3 aromatic rings. The van der Waals surface area contributed by atoms with Crippen LogP contribution in [0.25, 0.3) is 11.5 Å². The number of rotatable bonds is 7. The molecule has 0 radical (unpaired) electrons. The summed E-state index contributed by atoms with van der Waals surface area (Å²) in [5, 5.41) is 11.9. The average Bonchev–Trinajstić information content (AvgIpc) is 3.37. The molecule has 0 bridgehead atoms. The lowest BCUT2D eigenvalue weighted by atomic mass is 9.95. The molecule has 7 nitrogen and oxygen atoms in total. The molecular weight excluding hydrogens is 434 g/mol. The summed E-state index contributed by atoms with van der Waals surface area (Å²) in [5.74, 6) is -0.0866. The van der Waals surface area contributed by atoms with Crippen LogP contribution in [0.5, 0.6) is 0 Å². The number of amides is 1. The van der Waals surface area contributed by atoms with E-state index in [1.165, 1.54) is 11.3 Å². The van der Waals surface area contributed by atoms with E-state index in [2.05, 4.69) is 15.5 Å². The summed E-state index contributed by atoms with van der Waals surface area (Å²) in [7, 11) is 0. The van der Waals surface area contributed by atoms with Crippen LogP contribution in [0.15, 0.2) is 33.9 Å². The molecule has 1 aromatic carbocycles. The zero-order chi connectivity index (χ0) is 21.8. The number of benzene rings is 1. The summed E-state index contributed by atoms with van der Waals surface area (Å²) in [5.41, 5.74) is 3.48. The molecule has 0 unspecified atom stereocenters. The number of aryl methyl sites for hydroxylation is 2. The number of carbonyl (C=O) groups is 2. The molecule has 0 spiro atoms. The van der Waals surface area contributed by atoms with Gasteiger partial charge in [0.05, 0.1) is 17.9 Å². The standard InChI is InChI=1S/C22H23N3O4S2/c1-3-28-21(27)18-15-9-4-5-10-16(15)31-20(18)23-17(26)12-30-22-25-24-19(29-22)14-8-6-7-13(2)11-14/h6-8,11H,3-5,9-10,12H2,1-2H3,(H,23,26). The van der Waals surface area contributed by atoms with Gasteiger partial charge >= 0.3 is 5.97 Å². The highest BCUT2D eigenvalue weighted by Crippen LogP contribution is 2.38. The van der Waals surface area contributed by atoms with E-state index in [0.717, 1.165) is 59.0 Å². The Kier molecular flexibility index (Phi) is 6.72. The SMILES string of the molecule is CCOC(=O)c1c(NC(=O)CSc2nnc(-c3cccc(C)c3)o2)sc2c1CCCC2. The van der Waals surface area contributed by atoms with Gasteiger partial charge in [0.15, 0.2) is 0 Å². The monoisotopic (exact) mass is 457 g/mol. The maximum atomic E-state index is 12.6. The van der Waals surface area contributed by atoms with Crippen molar-refractivity contribution in [3.8, 4) is 11.5 Å². The number of thioether (sulfide) groups is 1. The highest BCUT2D eigenvalue weighted by atomic mass is 32.2. The van der Waals surface area contributed by atoms with E-state index in [0.29, 0.717) is 28.3 Å². The Morgan fingerprint density at radius 1 is 1.26 bits per heavy atom. The molecule has 1 aliphatic carbocycles. The second-order valence-electron chi connectivity index (χ2n) is 7.21. The molecule has 9 heteroatoms. The Hall–Kier alpha value is -2.65. The summed E-state index contributed by atoms with van der Waals surface area (Å²) < 4.78 is 10.9. The van der Waals surface area contributed by atoms with Crippen LogP contribution >= 0.6 is 23.1 Å². The summed E-state index contributed by atoms with van der Waals surface area (Å²) in [6.45, 7) is 4.07. The van der Waals surface area contributed by atoms with Gasteiger partial charge in [0.2, 0.25) is 11.8 Å². The molecule has 1 N–H and O–H groups in total. The molecule has 0 saturated carbocycles. The summed E-state index contributed by atoms with van der Waals surface area (Å²) >= 11 is 2.64. The molecule has 4 rings (SSSR count). The first-order chi connectivity index (χ1) is 15.0. The van der Waals surface area contributed by atoms with Gasteiger partial charge in [0.1, 0.15) is 5.00 Å². The van der Waals surface area contributed by atoms with Crippen molar-refractivity contribution >= 4 is 40.0 Å². The van der Waals surface area contributed by atoms with Crippen LogP contribution in [-0.4, -0.2) is 34.4 Å². The van der Waals surface area contributed by atoms with E-state index >= 15 is 0 Å². The van der Waals surface area contributed by atoms with Gasteiger partial charge in [-0.3, -0.25) is 4.79 Å². The molecule has 31 heavy (non-hydrogen) atoms. The Bertz CT molecular complexity index is 1110. The number of aromatic nitrogens is 2. The highest BCUT2D eigenvalue weighted by molar-refractivity contribution is 7.99. The van der Waals surface area contributed by atoms with Crippen molar-refractivity contribution in [2.24, 2.45) is 0 Å². The molecule has 1 amide bonds. The predicted octanol–water partition coefficient (Wildman–Crippen LogP) is 4.89. The second-order valence-corrected chi connectivity index (χ2v) is 9.25. The van der Waals surface area contributed by atoms with E-state index in [1.54, 1.807) is 6.92 Å². The number of nitrogens with zero attached hydrogens (tertiary/aromatic N) is 2. The van der Waals surface area contributed by atoms with Gasteiger partial charge in [-0.25, -0.2) is 4.79 Å². The lowest BCUT2D eigenvalue weighted by molar-refractivity contribution is -0.113. The zero-order valence-corrected chi connectivity index (χ0v) is 19.0. The van der Waals surface area contributed by atoms with E-state index in [1.807, 2.05) is 31.2 Å². The van der Waals surface area contributed by atoms with Gasteiger partial charge in [0.25, 0.3) is 5.22 Å². The van der Waals surface area contributed by atoms with Crippen LogP contribution in [0.3, 0.4) is 0 Å². The molecule has 0 saturated heterocycles. The Morgan fingerprint density at radius 2 is 2.10 bits per heavy atom. The van der Waals surface area contributed by atoms with Crippen molar-refractivity contribution in [3.05, 3.63) is 45.8 Å². The van der Waals surface area contributed by atoms with Crippen LogP contribution in [0.2, 0.25) is 0 Å². The van der Waals surface area contributed by atoms with Crippen molar-refractivity contribution in [2.75, 3.05) is 17.7 Å². The number of ether oxygens (including phenoxy) is 1. The number of esters is 1. The summed E-state index contributed by atoms with van der Waals surface area (Å²) in [6.07, 6.45) is 3.91. The van der Waals surface area contributed by atoms with Gasteiger partial charge in [-0.05, 0) is 57.2 Å². The Balaban J connectivity index is 1.43. The third kappa shape index (κ3) is 4.99. The lowest BCUT2D eigenvalue weighted by Crippen LogP contribution is -2.17. The van der Waals surface area contributed by atoms with Crippen molar-refractivity contribution in [1.29, 1.82) is 0 Å². The second kappa shape index (κ2) is 9.65. The van der Waals surface area contributed by atoms with Crippen LogP contribution in [-0.2, 0) is 22.4 Å². The van der Waals surface area contributed by atoms with E-state index in [4.69, 9.17) is 9.15 Å². The summed E-state index contributed by atoms with van der Waals surface area (Å²) in [4.78, 5) is 26.3. The molecule has 1 aliphatic rings. The first kappa shape index (κ1) is 21.6.